The molecular weight excluding hydrogens is 360 g/mol. The molecule has 0 unspecified atom stereocenters. The number of aromatic nitrogens is 3. The van der Waals surface area contributed by atoms with Gasteiger partial charge in [0.25, 0.3) is 5.56 Å². The molecule has 0 bridgehead atoms. The van der Waals surface area contributed by atoms with E-state index in [1.165, 1.54) is 0 Å². The first-order valence-electron chi connectivity index (χ1n) is 7.83. The molecule has 132 valence electrons. The molecule has 2 aromatic carbocycles. The third kappa shape index (κ3) is 3.18. The highest BCUT2D eigenvalue weighted by molar-refractivity contribution is 6.30. The number of fused-ring (bicyclic) bond motifs is 2. The molecule has 1 amide bonds. The van der Waals surface area contributed by atoms with Gasteiger partial charge in [-0.15, -0.1) is 5.10 Å². The highest BCUT2D eigenvalue weighted by Gasteiger charge is 2.17. The highest BCUT2D eigenvalue weighted by Crippen LogP contribution is 2.32. The van der Waals surface area contributed by atoms with Crippen LogP contribution in [0.1, 0.15) is 0 Å². The maximum absolute atomic E-state index is 12.6. The molecule has 2 heterocycles. The van der Waals surface area contributed by atoms with Gasteiger partial charge in [-0.2, -0.15) is 0 Å². The Balaban J connectivity index is 1.61. The Morgan fingerprint density at radius 3 is 2.73 bits per heavy atom. The van der Waals surface area contributed by atoms with Crippen LogP contribution in [0, 0.1) is 0 Å². The lowest BCUT2D eigenvalue weighted by atomic mass is 10.2. The fourth-order valence-corrected chi connectivity index (χ4v) is 2.81. The average molecular weight is 373 g/mol. The van der Waals surface area contributed by atoms with E-state index in [-0.39, 0.29) is 6.54 Å². The monoisotopic (exact) mass is 372 g/mol. The maximum atomic E-state index is 12.6. The summed E-state index contributed by atoms with van der Waals surface area (Å²) in [6, 6.07) is 9.88. The second kappa shape index (κ2) is 6.64. The van der Waals surface area contributed by atoms with E-state index in [1.54, 1.807) is 36.4 Å². The molecule has 1 aliphatic heterocycles. The van der Waals surface area contributed by atoms with E-state index in [1.807, 2.05) is 0 Å². The first-order chi connectivity index (χ1) is 12.6. The molecule has 0 radical (unpaired) electrons. The number of carbonyl (C=O) groups excluding carboxylic acids is 1. The van der Waals surface area contributed by atoms with Crippen LogP contribution >= 0.6 is 11.6 Å². The zero-order valence-electron chi connectivity index (χ0n) is 13.4. The van der Waals surface area contributed by atoms with Crippen molar-refractivity contribution in [2.45, 2.75) is 6.54 Å². The van der Waals surface area contributed by atoms with Crippen molar-refractivity contribution in [1.29, 1.82) is 0 Å². The van der Waals surface area contributed by atoms with Gasteiger partial charge in [0, 0.05) is 16.8 Å². The molecule has 4 rings (SSSR count). The lowest BCUT2D eigenvalue weighted by Gasteiger charge is -2.18. The molecule has 0 atom stereocenters. The number of nitrogens with one attached hydrogen (secondary N) is 1. The molecule has 3 aromatic rings. The topological polar surface area (TPSA) is 95.3 Å². The van der Waals surface area contributed by atoms with Crippen molar-refractivity contribution in [3.05, 3.63) is 51.8 Å². The summed E-state index contributed by atoms with van der Waals surface area (Å²) in [5, 5.41) is 11.3. The number of hydrogen-bond donors (Lipinski definition) is 1. The van der Waals surface area contributed by atoms with Crippen molar-refractivity contribution in [3.63, 3.8) is 0 Å². The average Bonchev–Trinajstić information content (AvgIpc) is 2.63. The largest absolute Gasteiger partial charge is 0.486 e. The number of ether oxygens (including phenoxy) is 2. The van der Waals surface area contributed by atoms with Crippen LogP contribution in [-0.4, -0.2) is 34.1 Å². The van der Waals surface area contributed by atoms with E-state index < -0.39 is 11.5 Å². The molecule has 0 aliphatic carbocycles. The molecule has 0 saturated carbocycles. The summed E-state index contributed by atoms with van der Waals surface area (Å²) in [7, 11) is 0. The lowest BCUT2D eigenvalue weighted by molar-refractivity contribution is -0.117. The van der Waals surface area contributed by atoms with Crippen LogP contribution in [0.4, 0.5) is 5.69 Å². The summed E-state index contributed by atoms with van der Waals surface area (Å²) in [5.41, 5.74) is 0.475. The molecule has 0 saturated heterocycles. The number of amides is 1. The van der Waals surface area contributed by atoms with Gasteiger partial charge >= 0.3 is 0 Å². The Morgan fingerprint density at radius 1 is 1.19 bits per heavy atom. The number of halogens is 1. The van der Waals surface area contributed by atoms with E-state index in [0.29, 0.717) is 46.3 Å². The zero-order valence-corrected chi connectivity index (χ0v) is 14.2. The fourth-order valence-electron chi connectivity index (χ4n) is 2.62. The first kappa shape index (κ1) is 16.3. The van der Waals surface area contributed by atoms with Crippen molar-refractivity contribution in [2.75, 3.05) is 18.5 Å². The summed E-state index contributed by atoms with van der Waals surface area (Å²) in [5.74, 6) is 0.582. The van der Waals surface area contributed by atoms with E-state index in [0.717, 1.165) is 4.68 Å². The normalized spacial score (nSPS) is 12.8. The minimum Gasteiger partial charge on any atom is -0.486 e. The van der Waals surface area contributed by atoms with Crippen molar-refractivity contribution in [3.8, 4) is 11.5 Å². The van der Waals surface area contributed by atoms with Crippen LogP contribution in [0.25, 0.3) is 10.9 Å². The lowest BCUT2D eigenvalue weighted by Crippen LogP contribution is -2.30. The molecule has 9 heteroatoms. The third-order valence-corrected chi connectivity index (χ3v) is 4.02. The Morgan fingerprint density at radius 2 is 1.96 bits per heavy atom. The number of hydrogen-bond acceptors (Lipinski definition) is 6. The van der Waals surface area contributed by atoms with Gasteiger partial charge < -0.3 is 14.8 Å². The Labute approximate surface area is 152 Å². The SMILES string of the molecule is O=C(Cn1nnc2cc3c(cc2c1=O)OCCO3)Nc1cccc(Cl)c1. The zero-order chi connectivity index (χ0) is 18.1. The standard InChI is InChI=1S/C17H13ClN4O4/c18-10-2-1-3-11(6-10)19-16(23)9-22-17(24)12-7-14-15(26-5-4-25-14)8-13(12)20-21-22/h1-3,6-8H,4-5,9H2,(H,19,23). The minimum atomic E-state index is -0.437. The van der Waals surface area contributed by atoms with Crippen molar-refractivity contribution in [2.24, 2.45) is 0 Å². The molecule has 26 heavy (non-hydrogen) atoms. The minimum absolute atomic E-state index is 0.275. The highest BCUT2D eigenvalue weighted by atomic mass is 35.5. The fraction of sp³-hybridized carbons (Fsp3) is 0.176. The molecule has 0 spiro atoms. The van der Waals surface area contributed by atoms with E-state index in [4.69, 9.17) is 21.1 Å². The van der Waals surface area contributed by atoms with Gasteiger partial charge in [-0.25, -0.2) is 4.68 Å². The van der Waals surface area contributed by atoms with E-state index in [2.05, 4.69) is 15.6 Å². The van der Waals surface area contributed by atoms with Crippen molar-refractivity contribution >= 4 is 34.1 Å². The Kier molecular flexibility index (Phi) is 4.18. The first-order valence-corrected chi connectivity index (χ1v) is 8.20. The third-order valence-electron chi connectivity index (χ3n) is 3.79. The number of rotatable bonds is 3. The number of anilines is 1. The van der Waals surface area contributed by atoms with Gasteiger partial charge in [-0.1, -0.05) is 22.9 Å². The molecular formula is C17H13ClN4O4. The van der Waals surface area contributed by atoms with Crippen molar-refractivity contribution in [1.82, 2.24) is 15.0 Å². The van der Waals surface area contributed by atoms with Gasteiger partial charge in [-0.05, 0) is 24.3 Å². The van der Waals surface area contributed by atoms with Gasteiger partial charge in [0.2, 0.25) is 5.91 Å². The van der Waals surface area contributed by atoms with Gasteiger partial charge in [0.05, 0.1) is 5.39 Å². The summed E-state index contributed by atoms with van der Waals surface area (Å²) in [6.45, 7) is 0.572. The molecule has 0 fully saturated rings. The summed E-state index contributed by atoms with van der Waals surface area (Å²) >= 11 is 5.89. The predicted molar refractivity (Wildman–Crippen MR) is 94.9 cm³/mol. The van der Waals surface area contributed by atoms with Crippen LogP contribution in [0.2, 0.25) is 5.02 Å². The van der Waals surface area contributed by atoms with Crippen LogP contribution < -0.4 is 20.3 Å². The van der Waals surface area contributed by atoms with Crippen LogP contribution in [0.5, 0.6) is 11.5 Å². The number of carbonyl (C=O) groups is 1. The quantitative estimate of drug-likeness (QED) is 0.754. The van der Waals surface area contributed by atoms with Gasteiger partial charge in [0.1, 0.15) is 25.3 Å². The molecule has 1 N–H and O–H groups in total. The van der Waals surface area contributed by atoms with Crippen LogP contribution in [0.15, 0.2) is 41.2 Å². The number of nitrogens with zero attached hydrogens (tertiary/aromatic N) is 3. The Hall–Kier alpha value is -3.13. The number of benzene rings is 2. The summed E-state index contributed by atoms with van der Waals surface area (Å²) in [4.78, 5) is 24.8. The van der Waals surface area contributed by atoms with Crippen LogP contribution in [-0.2, 0) is 11.3 Å². The van der Waals surface area contributed by atoms with E-state index in [9.17, 15) is 9.59 Å². The predicted octanol–water partition coefficient (Wildman–Crippen LogP) is 1.85. The smallest absolute Gasteiger partial charge is 0.278 e. The second-order valence-corrected chi connectivity index (χ2v) is 6.06. The molecule has 1 aliphatic rings. The summed E-state index contributed by atoms with van der Waals surface area (Å²) in [6.07, 6.45) is 0. The molecule has 1 aromatic heterocycles. The van der Waals surface area contributed by atoms with Gasteiger partial charge in [0.15, 0.2) is 11.5 Å². The van der Waals surface area contributed by atoms with Gasteiger partial charge in [-0.3, -0.25) is 9.59 Å². The van der Waals surface area contributed by atoms with Crippen LogP contribution in [0.3, 0.4) is 0 Å². The summed E-state index contributed by atoms with van der Waals surface area (Å²) < 4.78 is 11.9. The van der Waals surface area contributed by atoms with E-state index >= 15 is 0 Å². The Bertz CT molecular complexity index is 1070. The molecule has 8 nitrogen and oxygen atoms in total. The second-order valence-electron chi connectivity index (χ2n) is 5.62. The van der Waals surface area contributed by atoms with Crippen molar-refractivity contribution < 1.29 is 14.3 Å². The maximum Gasteiger partial charge on any atom is 0.278 e.